The standard InChI is InChI=1S/C15H22FN3/c1-2-3-11-4-5-19(9-11)10-12-6-13(15(17)18)8-14(16)7-12/h6-8,11H,2-5,9-10H2,1H3,(H3,17,18). The van der Waals surface area contributed by atoms with Gasteiger partial charge in [-0.1, -0.05) is 13.3 Å². The molecule has 2 rings (SSSR count). The number of nitrogens with two attached hydrogens (primary N) is 1. The molecule has 0 saturated carbocycles. The molecule has 1 unspecified atom stereocenters. The molecule has 1 fully saturated rings. The predicted molar refractivity (Wildman–Crippen MR) is 75.7 cm³/mol. The van der Waals surface area contributed by atoms with Gasteiger partial charge in [0.15, 0.2) is 0 Å². The Bertz CT molecular complexity index is 459. The number of nitrogens with one attached hydrogen (secondary N) is 1. The van der Waals surface area contributed by atoms with E-state index in [1.807, 2.05) is 6.07 Å². The summed E-state index contributed by atoms with van der Waals surface area (Å²) in [5.41, 5.74) is 6.80. The van der Waals surface area contributed by atoms with E-state index in [-0.39, 0.29) is 11.7 Å². The Balaban J connectivity index is 2.01. The number of benzene rings is 1. The van der Waals surface area contributed by atoms with Crippen LogP contribution in [0.15, 0.2) is 18.2 Å². The molecule has 104 valence electrons. The maximum Gasteiger partial charge on any atom is 0.124 e. The quantitative estimate of drug-likeness (QED) is 0.634. The van der Waals surface area contributed by atoms with Crippen LogP contribution in [-0.4, -0.2) is 23.8 Å². The van der Waals surface area contributed by atoms with Crippen molar-refractivity contribution < 1.29 is 4.39 Å². The molecule has 1 aliphatic heterocycles. The first-order valence-electron chi connectivity index (χ1n) is 6.94. The lowest BCUT2D eigenvalue weighted by molar-refractivity contribution is 0.312. The molecule has 0 aromatic heterocycles. The average molecular weight is 263 g/mol. The minimum Gasteiger partial charge on any atom is -0.384 e. The van der Waals surface area contributed by atoms with Crippen molar-refractivity contribution in [2.75, 3.05) is 13.1 Å². The number of hydrogen-bond acceptors (Lipinski definition) is 2. The van der Waals surface area contributed by atoms with E-state index >= 15 is 0 Å². The number of hydrogen-bond donors (Lipinski definition) is 2. The first kappa shape index (κ1) is 14.0. The van der Waals surface area contributed by atoms with E-state index in [1.165, 1.54) is 25.3 Å². The van der Waals surface area contributed by atoms with Crippen molar-refractivity contribution in [1.82, 2.24) is 4.90 Å². The highest BCUT2D eigenvalue weighted by atomic mass is 19.1. The third kappa shape index (κ3) is 3.77. The van der Waals surface area contributed by atoms with Gasteiger partial charge in [0, 0.05) is 18.7 Å². The number of nitrogens with zero attached hydrogens (tertiary/aromatic N) is 1. The maximum absolute atomic E-state index is 13.5. The third-order valence-corrected chi connectivity index (χ3v) is 3.74. The van der Waals surface area contributed by atoms with E-state index in [9.17, 15) is 4.39 Å². The van der Waals surface area contributed by atoms with Crippen molar-refractivity contribution in [1.29, 1.82) is 5.41 Å². The fraction of sp³-hybridized carbons (Fsp3) is 0.533. The predicted octanol–water partition coefficient (Wildman–Crippen LogP) is 2.73. The smallest absolute Gasteiger partial charge is 0.124 e. The Morgan fingerprint density at radius 2 is 2.26 bits per heavy atom. The summed E-state index contributed by atoms with van der Waals surface area (Å²) >= 11 is 0. The van der Waals surface area contributed by atoms with Crippen LogP contribution in [0.3, 0.4) is 0 Å². The molecule has 1 atom stereocenters. The Hall–Kier alpha value is -1.42. The van der Waals surface area contributed by atoms with Crippen LogP contribution in [0.2, 0.25) is 0 Å². The van der Waals surface area contributed by atoms with Crippen LogP contribution in [0.25, 0.3) is 0 Å². The van der Waals surface area contributed by atoms with Gasteiger partial charge in [-0.25, -0.2) is 4.39 Å². The zero-order chi connectivity index (χ0) is 13.8. The fourth-order valence-corrected chi connectivity index (χ4v) is 2.86. The minimum absolute atomic E-state index is 0.0777. The molecule has 0 spiro atoms. The van der Waals surface area contributed by atoms with Gasteiger partial charge in [-0.2, -0.15) is 0 Å². The van der Waals surface area contributed by atoms with Gasteiger partial charge in [-0.3, -0.25) is 10.3 Å². The zero-order valence-electron chi connectivity index (χ0n) is 11.5. The summed E-state index contributed by atoms with van der Waals surface area (Å²) in [6.45, 7) is 5.14. The van der Waals surface area contributed by atoms with Crippen molar-refractivity contribution in [2.24, 2.45) is 11.7 Å². The van der Waals surface area contributed by atoms with Crippen LogP contribution in [0.4, 0.5) is 4.39 Å². The third-order valence-electron chi connectivity index (χ3n) is 3.74. The number of halogens is 1. The highest BCUT2D eigenvalue weighted by molar-refractivity contribution is 5.95. The van der Waals surface area contributed by atoms with E-state index < -0.39 is 0 Å². The molecule has 0 bridgehead atoms. The van der Waals surface area contributed by atoms with Crippen LogP contribution in [0.1, 0.15) is 37.3 Å². The van der Waals surface area contributed by atoms with E-state index in [0.717, 1.165) is 31.1 Å². The lowest BCUT2D eigenvalue weighted by Gasteiger charge is -2.16. The highest BCUT2D eigenvalue weighted by Crippen LogP contribution is 2.23. The van der Waals surface area contributed by atoms with Gasteiger partial charge in [0.1, 0.15) is 11.7 Å². The molecular formula is C15H22FN3. The number of nitrogen functional groups attached to an aromatic ring is 1. The molecular weight excluding hydrogens is 241 g/mol. The van der Waals surface area contributed by atoms with Crippen molar-refractivity contribution in [3.05, 3.63) is 35.1 Å². The van der Waals surface area contributed by atoms with Crippen LogP contribution in [0.5, 0.6) is 0 Å². The Morgan fingerprint density at radius 1 is 1.47 bits per heavy atom. The number of rotatable bonds is 5. The second-order valence-corrected chi connectivity index (χ2v) is 5.44. The van der Waals surface area contributed by atoms with Gasteiger partial charge in [0.2, 0.25) is 0 Å². The average Bonchev–Trinajstić information content (AvgIpc) is 2.76. The topological polar surface area (TPSA) is 53.1 Å². The molecule has 3 N–H and O–H groups in total. The van der Waals surface area contributed by atoms with Gasteiger partial charge in [0.25, 0.3) is 0 Å². The zero-order valence-corrected chi connectivity index (χ0v) is 11.5. The van der Waals surface area contributed by atoms with Crippen LogP contribution in [-0.2, 0) is 6.54 Å². The van der Waals surface area contributed by atoms with E-state index in [1.54, 1.807) is 6.07 Å². The lowest BCUT2D eigenvalue weighted by Crippen LogP contribution is -2.21. The summed E-state index contributed by atoms with van der Waals surface area (Å²) in [7, 11) is 0. The summed E-state index contributed by atoms with van der Waals surface area (Å²) in [4.78, 5) is 2.36. The second-order valence-electron chi connectivity index (χ2n) is 5.44. The molecule has 1 heterocycles. The molecule has 4 heteroatoms. The normalized spacial score (nSPS) is 19.8. The van der Waals surface area contributed by atoms with Crippen molar-refractivity contribution in [3.8, 4) is 0 Å². The van der Waals surface area contributed by atoms with Gasteiger partial charge in [0.05, 0.1) is 0 Å². The summed E-state index contributed by atoms with van der Waals surface area (Å²) in [5, 5.41) is 7.40. The molecule has 0 radical (unpaired) electrons. The largest absolute Gasteiger partial charge is 0.384 e. The Labute approximate surface area is 114 Å². The summed E-state index contributed by atoms with van der Waals surface area (Å²) in [6, 6.07) is 4.67. The molecule has 1 aliphatic rings. The number of amidine groups is 1. The van der Waals surface area contributed by atoms with Crippen molar-refractivity contribution >= 4 is 5.84 Å². The van der Waals surface area contributed by atoms with Gasteiger partial charge in [-0.05, 0) is 49.1 Å². The van der Waals surface area contributed by atoms with Crippen LogP contribution >= 0.6 is 0 Å². The maximum atomic E-state index is 13.5. The Morgan fingerprint density at radius 3 is 2.95 bits per heavy atom. The highest BCUT2D eigenvalue weighted by Gasteiger charge is 2.21. The lowest BCUT2D eigenvalue weighted by atomic mass is 10.0. The van der Waals surface area contributed by atoms with Crippen LogP contribution < -0.4 is 5.73 Å². The molecule has 1 aromatic carbocycles. The molecule has 0 amide bonds. The SMILES string of the molecule is CCCC1CCN(Cc2cc(F)cc(C(=N)N)c2)C1. The van der Waals surface area contributed by atoms with Crippen molar-refractivity contribution in [3.63, 3.8) is 0 Å². The number of likely N-dealkylation sites (tertiary alicyclic amines) is 1. The van der Waals surface area contributed by atoms with Crippen LogP contribution in [0, 0.1) is 17.1 Å². The van der Waals surface area contributed by atoms with Crippen molar-refractivity contribution in [2.45, 2.75) is 32.7 Å². The first-order valence-corrected chi connectivity index (χ1v) is 6.94. The van der Waals surface area contributed by atoms with E-state index in [2.05, 4.69) is 11.8 Å². The molecule has 3 nitrogen and oxygen atoms in total. The first-order chi connectivity index (χ1) is 9.08. The minimum atomic E-state index is -0.313. The summed E-state index contributed by atoms with van der Waals surface area (Å²) in [5.74, 6) is 0.392. The molecule has 19 heavy (non-hydrogen) atoms. The molecule has 0 aliphatic carbocycles. The van der Waals surface area contributed by atoms with Gasteiger partial charge < -0.3 is 5.73 Å². The fourth-order valence-electron chi connectivity index (χ4n) is 2.86. The Kier molecular flexibility index (Phi) is 4.53. The summed E-state index contributed by atoms with van der Waals surface area (Å²) < 4.78 is 13.5. The van der Waals surface area contributed by atoms with E-state index in [4.69, 9.17) is 11.1 Å². The van der Waals surface area contributed by atoms with E-state index in [0.29, 0.717) is 5.56 Å². The van der Waals surface area contributed by atoms with Gasteiger partial charge >= 0.3 is 0 Å². The monoisotopic (exact) mass is 263 g/mol. The van der Waals surface area contributed by atoms with Gasteiger partial charge in [-0.15, -0.1) is 0 Å². The molecule has 1 saturated heterocycles. The second kappa shape index (κ2) is 6.15. The summed E-state index contributed by atoms with van der Waals surface area (Å²) in [6.07, 6.45) is 3.74. The molecule has 1 aromatic rings.